The summed E-state index contributed by atoms with van der Waals surface area (Å²) in [6.45, 7) is 1.27. The minimum atomic E-state index is -2.85. The largest absolute Gasteiger partial charge is 0.385 e. The molecule has 0 aliphatic rings. The number of ether oxygens (including phenoxy) is 1. The fraction of sp³-hybridized carbons (Fsp3) is 1.00. The molecule has 0 spiro atoms. The highest BCUT2D eigenvalue weighted by atomic mass is 32.2. The third-order valence-electron chi connectivity index (χ3n) is 1.69. The zero-order valence-corrected chi connectivity index (χ0v) is 9.19. The molecule has 0 saturated carbocycles. The van der Waals surface area contributed by atoms with Gasteiger partial charge in [0.05, 0.1) is 11.5 Å². The number of sulfone groups is 1. The predicted molar refractivity (Wildman–Crippen MR) is 53.7 cm³/mol. The summed E-state index contributed by atoms with van der Waals surface area (Å²) in [5.74, 6) is 0.516. The minimum absolute atomic E-state index is 0.241. The fourth-order valence-electron chi connectivity index (χ4n) is 0.994. The van der Waals surface area contributed by atoms with Gasteiger partial charge in [-0.1, -0.05) is 0 Å². The highest BCUT2D eigenvalue weighted by Gasteiger charge is 2.08. The molecule has 0 aromatic carbocycles. The van der Waals surface area contributed by atoms with Crippen LogP contribution in [0.5, 0.6) is 0 Å². The normalized spacial score (nSPS) is 11.8. The molecule has 0 bridgehead atoms. The smallest absolute Gasteiger partial charge is 0.150 e. The van der Waals surface area contributed by atoms with Gasteiger partial charge >= 0.3 is 0 Å². The standard InChI is InChI=1S/C8H19NO3S/c1-9-5-3-7-13(10,11)8-4-6-12-2/h9H,3-8H2,1-2H3. The molecule has 0 amide bonds. The van der Waals surface area contributed by atoms with Crippen LogP contribution >= 0.6 is 0 Å². The van der Waals surface area contributed by atoms with Crippen molar-refractivity contribution < 1.29 is 13.2 Å². The van der Waals surface area contributed by atoms with Crippen LogP contribution in [-0.2, 0) is 14.6 Å². The average Bonchev–Trinajstić information content (AvgIpc) is 2.05. The maximum Gasteiger partial charge on any atom is 0.150 e. The van der Waals surface area contributed by atoms with Crippen LogP contribution < -0.4 is 5.32 Å². The first kappa shape index (κ1) is 12.9. The van der Waals surface area contributed by atoms with Gasteiger partial charge in [-0.05, 0) is 26.4 Å². The lowest BCUT2D eigenvalue weighted by Crippen LogP contribution is -2.17. The van der Waals surface area contributed by atoms with Crippen molar-refractivity contribution in [2.75, 3.05) is 38.8 Å². The Morgan fingerprint density at radius 3 is 2.38 bits per heavy atom. The molecule has 0 saturated heterocycles. The number of rotatable bonds is 8. The zero-order valence-electron chi connectivity index (χ0n) is 8.38. The molecule has 4 nitrogen and oxygen atoms in total. The van der Waals surface area contributed by atoms with E-state index in [2.05, 4.69) is 5.32 Å². The number of hydrogen-bond acceptors (Lipinski definition) is 4. The van der Waals surface area contributed by atoms with E-state index in [0.29, 0.717) is 19.4 Å². The van der Waals surface area contributed by atoms with E-state index in [-0.39, 0.29) is 11.5 Å². The second kappa shape index (κ2) is 7.29. The molecule has 0 atom stereocenters. The van der Waals surface area contributed by atoms with Gasteiger partial charge in [-0.25, -0.2) is 8.42 Å². The summed E-state index contributed by atoms with van der Waals surface area (Å²) in [7, 11) is 0.548. The third-order valence-corrected chi connectivity index (χ3v) is 3.51. The van der Waals surface area contributed by atoms with Crippen molar-refractivity contribution in [3.05, 3.63) is 0 Å². The number of nitrogens with one attached hydrogen (secondary N) is 1. The molecule has 0 radical (unpaired) electrons. The Morgan fingerprint density at radius 1 is 1.23 bits per heavy atom. The Labute approximate surface area is 80.6 Å². The zero-order chi connectivity index (χ0) is 10.2. The van der Waals surface area contributed by atoms with Crippen LogP contribution in [0.1, 0.15) is 12.8 Å². The molecular weight excluding hydrogens is 190 g/mol. The van der Waals surface area contributed by atoms with E-state index in [4.69, 9.17) is 4.74 Å². The van der Waals surface area contributed by atoms with Crippen LogP contribution in [0.2, 0.25) is 0 Å². The lowest BCUT2D eigenvalue weighted by molar-refractivity contribution is 0.199. The second-order valence-corrected chi connectivity index (χ2v) is 5.26. The van der Waals surface area contributed by atoms with Crippen LogP contribution in [0, 0.1) is 0 Å². The van der Waals surface area contributed by atoms with Gasteiger partial charge in [-0.15, -0.1) is 0 Å². The van der Waals surface area contributed by atoms with Crippen LogP contribution in [0.25, 0.3) is 0 Å². The van der Waals surface area contributed by atoms with E-state index >= 15 is 0 Å². The van der Waals surface area contributed by atoms with Gasteiger partial charge in [-0.2, -0.15) is 0 Å². The molecule has 0 aromatic rings. The molecule has 80 valence electrons. The summed E-state index contributed by atoms with van der Waals surface area (Å²) in [6.07, 6.45) is 1.28. The highest BCUT2D eigenvalue weighted by molar-refractivity contribution is 7.91. The van der Waals surface area contributed by atoms with E-state index in [1.54, 1.807) is 7.11 Å². The lowest BCUT2D eigenvalue weighted by atomic mass is 10.5. The van der Waals surface area contributed by atoms with Crippen molar-refractivity contribution in [1.29, 1.82) is 0 Å². The first-order valence-electron chi connectivity index (χ1n) is 4.46. The van der Waals surface area contributed by atoms with Crippen LogP contribution in [0.4, 0.5) is 0 Å². The van der Waals surface area contributed by atoms with Crippen molar-refractivity contribution in [2.45, 2.75) is 12.8 Å². The first-order chi connectivity index (χ1) is 6.12. The maximum absolute atomic E-state index is 11.3. The number of methoxy groups -OCH3 is 1. The molecule has 0 rings (SSSR count). The Balaban J connectivity index is 3.55. The lowest BCUT2D eigenvalue weighted by Gasteiger charge is -2.03. The van der Waals surface area contributed by atoms with Gasteiger partial charge in [0.25, 0.3) is 0 Å². The van der Waals surface area contributed by atoms with Gasteiger partial charge in [0.2, 0.25) is 0 Å². The summed E-state index contributed by atoms with van der Waals surface area (Å²) >= 11 is 0. The molecule has 1 N–H and O–H groups in total. The summed E-state index contributed by atoms with van der Waals surface area (Å²) in [5, 5.41) is 2.92. The Kier molecular flexibility index (Phi) is 7.22. The van der Waals surface area contributed by atoms with E-state index in [1.165, 1.54) is 0 Å². The molecule has 0 unspecified atom stereocenters. The van der Waals surface area contributed by atoms with Crippen LogP contribution in [0.15, 0.2) is 0 Å². The molecule has 13 heavy (non-hydrogen) atoms. The Morgan fingerprint density at radius 2 is 1.85 bits per heavy atom. The monoisotopic (exact) mass is 209 g/mol. The fourth-order valence-corrected chi connectivity index (χ4v) is 2.34. The van der Waals surface area contributed by atoms with E-state index in [9.17, 15) is 8.42 Å². The summed E-state index contributed by atoms with van der Waals surface area (Å²) in [4.78, 5) is 0. The molecule has 0 aliphatic heterocycles. The van der Waals surface area contributed by atoms with Crippen LogP contribution in [-0.4, -0.2) is 47.2 Å². The van der Waals surface area contributed by atoms with Gasteiger partial charge in [0, 0.05) is 13.7 Å². The molecule has 5 heteroatoms. The maximum atomic E-state index is 11.3. The minimum Gasteiger partial charge on any atom is -0.385 e. The molecule has 0 fully saturated rings. The summed E-state index contributed by atoms with van der Waals surface area (Å²) in [6, 6.07) is 0. The third kappa shape index (κ3) is 8.21. The predicted octanol–water partition coefficient (Wildman–Crippen LogP) is 0.0472. The summed E-state index contributed by atoms with van der Waals surface area (Å²) < 4.78 is 27.4. The van der Waals surface area contributed by atoms with Crippen LogP contribution in [0.3, 0.4) is 0 Å². The Bertz CT molecular complexity index is 185. The highest BCUT2D eigenvalue weighted by Crippen LogP contribution is 1.96. The molecular formula is C8H19NO3S. The Hall–Kier alpha value is -0.130. The second-order valence-electron chi connectivity index (χ2n) is 2.96. The SMILES string of the molecule is CNCCCS(=O)(=O)CCCOC. The molecule has 0 aromatic heterocycles. The van der Waals surface area contributed by atoms with Gasteiger partial charge in [-0.3, -0.25) is 0 Å². The van der Waals surface area contributed by atoms with Crippen molar-refractivity contribution >= 4 is 9.84 Å². The molecule has 0 aliphatic carbocycles. The quantitative estimate of drug-likeness (QED) is 0.574. The molecule has 0 heterocycles. The van der Waals surface area contributed by atoms with E-state index in [0.717, 1.165) is 6.54 Å². The van der Waals surface area contributed by atoms with E-state index < -0.39 is 9.84 Å². The van der Waals surface area contributed by atoms with Crippen molar-refractivity contribution in [3.63, 3.8) is 0 Å². The van der Waals surface area contributed by atoms with Gasteiger partial charge in [0.1, 0.15) is 9.84 Å². The average molecular weight is 209 g/mol. The van der Waals surface area contributed by atoms with Gasteiger partial charge < -0.3 is 10.1 Å². The number of hydrogen-bond donors (Lipinski definition) is 1. The van der Waals surface area contributed by atoms with E-state index in [1.807, 2.05) is 7.05 Å². The first-order valence-corrected chi connectivity index (χ1v) is 6.28. The van der Waals surface area contributed by atoms with Crippen molar-refractivity contribution in [2.24, 2.45) is 0 Å². The topological polar surface area (TPSA) is 55.4 Å². The summed E-state index contributed by atoms with van der Waals surface area (Å²) in [5.41, 5.74) is 0. The van der Waals surface area contributed by atoms with Gasteiger partial charge in [0.15, 0.2) is 0 Å². The van der Waals surface area contributed by atoms with Crippen molar-refractivity contribution in [1.82, 2.24) is 5.32 Å². The van der Waals surface area contributed by atoms with Crippen molar-refractivity contribution in [3.8, 4) is 0 Å².